The van der Waals surface area contributed by atoms with Gasteiger partial charge in [-0.1, -0.05) is 6.92 Å². The molecular weight excluding hydrogens is 278 g/mol. The van der Waals surface area contributed by atoms with E-state index in [-0.39, 0.29) is 19.8 Å². The Bertz CT molecular complexity index is 309. The second kappa shape index (κ2) is 8.47. The second-order valence-electron chi connectivity index (χ2n) is 3.40. The van der Waals surface area contributed by atoms with Gasteiger partial charge < -0.3 is 18.1 Å². The highest BCUT2D eigenvalue weighted by atomic mass is 31.2. The van der Waals surface area contributed by atoms with Crippen LogP contribution in [0.2, 0.25) is 0 Å². The first-order valence-electron chi connectivity index (χ1n) is 6.12. The molecule has 2 atom stereocenters. The molecule has 0 aromatic carbocycles. The molecule has 0 bridgehead atoms. The van der Waals surface area contributed by atoms with Crippen molar-refractivity contribution in [3.8, 4) is 0 Å². The van der Waals surface area contributed by atoms with Crippen molar-refractivity contribution >= 4 is 15.2 Å². The summed E-state index contributed by atoms with van der Waals surface area (Å²) in [6.45, 7) is 7.49. The molecule has 0 saturated carbocycles. The Morgan fingerprint density at radius 1 is 0.833 bits per heavy atom. The third-order valence-corrected chi connectivity index (χ3v) is 8.53. The van der Waals surface area contributed by atoms with Crippen LogP contribution in [-0.4, -0.2) is 32.3 Å². The fourth-order valence-corrected chi connectivity index (χ4v) is 6.81. The third kappa shape index (κ3) is 4.44. The summed E-state index contributed by atoms with van der Waals surface area (Å²) in [7, 11) is -5.74. The van der Waals surface area contributed by atoms with E-state index >= 15 is 0 Å². The van der Waals surface area contributed by atoms with E-state index in [0.717, 1.165) is 0 Å². The fraction of sp³-hybridized carbons (Fsp3) is 1.00. The van der Waals surface area contributed by atoms with E-state index in [1.165, 1.54) is 7.11 Å². The van der Waals surface area contributed by atoms with Crippen molar-refractivity contribution in [2.24, 2.45) is 0 Å². The van der Waals surface area contributed by atoms with E-state index in [1.807, 2.05) is 0 Å². The second-order valence-corrected chi connectivity index (χ2v) is 8.36. The van der Waals surface area contributed by atoms with E-state index in [0.29, 0.717) is 6.42 Å². The molecule has 0 radical (unpaired) electrons. The zero-order valence-corrected chi connectivity index (χ0v) is 13.5. The minimum Gasteiger partial charge on any atom is -0.311 e. The Morgan fingerprint density at radius 2 is 1.22 bits per heavy atom. The Kier molecular flexibility index (Phi) is 8.61. The SMILES string of the molecule is CCOP(=O)(OC)C(CC)P(=O)(OCC)OCC. The topological polar surface area (TPSA) is 71.1 Å². The molecule has 0 aliphatic heterocycles. The van der Waals surface area contributed by atoms with Crippen molar-refractivity contribution in [3.63, 3.8) is 0 Å². The highest BCUT2D eigenvalue weighted by Crippen LogP contribution is 2.71. The summed E-state index contributed by atoms with van der Waals surface area (Å²) in [5.74, 6) is 0. The molecule has 0 heterocycles. The summed E-state index contributed by atoms with van der Waals surface area (Å²) in [5.41, 5.74) is 0. The van der Waals surface area contributed by atoms with Crippen molar-refractivity contribution in [2.45, 2.75) is 39.5 Å². The molecule has 8 heteroatoms. The zero-order valence-electron chi connectivity index (χ0n) is 11.7. The van der Waals surface area contributed by atoms with E-state index in [9.17, 15) is 9.13 Å². The van der Waals surface area contributed by atoms with Gasteiger partial charge in [-0.25, -0.2) is 0 Å². The zero-order chi connectivity index (χ0) is 14.2. The standard InChI is InChI=1S/C10H24O6P2/c1-6-10(17(11,13-5)14-7-2)18(12,15-8-3)16-9-4/h10H,6-9H2,1-5H3. The van der Waals surface area contributed by atoms with E-state index in [4.69, 9.17) is 18.1 Å². The van der Waals surface area contributed by atoms with E-state index in [2.05, 4.69) is 0 Å². The smallest absolute Gasteiger partial charge is 0.311 e. The minimum atomic E-state index is -3.51. The maximum Gasteiger partial charge on any atom is 0.345 e. The molecule has 6 nitrogen and oxygen atoms in total. The van der Waals surface area contributed by atoms with Crippen LogP contribution >= 0.6 is 15.2 Å². The van der Waals surface area contributed by atoms with Crippen LogP contribution in [0.25, 0.3) is 0 Å². The highest BCUT2D eigenvalue weighted by molar-refractivity contribution is 7.72. The first-order valence-corrected chi connectivity index (χ1v) is 9.35. The van der Waals surface area contributed by atoms with Crippen molar-refractivity contribution < 1.29 is 27.2 Å². The van der Waals surface area contributed by atoms with E-state index in [1.54, 1.807) is 27.7 Å². The molecule has 0 aromatic heterocycles. The fourth-order valence-electron chi connectivity index (χ4n) is 1.63. The predicted molar refractivity (Wildman–Crippen MR) is 71.2 cm³/mol. The summed E-state index contributed by atoms with van der Waals surface area (Å²) in [6, 6.07) is 0. The first-order chi connectivity index (χ1) is 8.44. The molecule has 0 amide bonds. The van der Waals surface area contributed by atoms with Crippen LogP contribution in [0.5, 0.6) is 0 Å². The molecule has 0 aromatic rings. The van der Waals surface area contributed by atoms with Crippen molar-refractivity contribution in [3.05, 3.63) is 0 Å². The average Bonchev–Trinajstić information content (AvgIpc) is 2.30. The van der Waals surface area contributed by atoms with Crippen molar-refractivity contribution in [1.29, 1.82) is 0 Å². The van der Waals surface area contributed by atoms with Gasteiger partial charge in [-0.3, -0.25) is 9.13 Å². The van der Waals surface area contributed by atoms with Gasteiger partial charge in [0.2, 0.25) is 0 Å². The molecule has 0 aliphatic rings. The molecule has 110 valence electrons. The highest BCUT2D eigenvalue weighted by Gasteiger charge is 2.49. The number of hydrogen-bond acceptors (Lipinski definition) is 6. The Morgan fingerprint density at radius 3 is 1.50 bits per heavy atom. The van der Waals surface area contributed by atoms with Crippen molar-refractivity contribution in [2.75, 3.05) is 26.9 Å². The third-order valence-electron chi connectivity index (χ3n) is 2.28. The molecular formula is C10H24O6P2. The lowest BCUT2D eigenvalue weighted by Crippen LogP contribution is -2.16. The Hall–Kier alpha value is 0.300. The molecule has 0 fully saturated rings. The van der Waals surface area contributed by atoms with Gasteiger partial charge in [0, 0.05) is 7.11 Å². The van der Waals surface area contributed by atoms with Gasteiger partial charge in [0.1, 0.15) is 0 Å². The summed E-state index contributed by atoms with van der Waals surface area (Å²) < 4.78 is 45.8. The summed E-state index contributed by atoms with van der Waals surface area (Å²) in [6.07, 6.45) is 0.322. The van der Waals surface area contributed by atoms with Crippen LogP contribution in [0.1, 0.15) is 34.1 Å². The van der Waals surface area contributed by atoms with Gasteiger partial charge in [0.05, 0.1) is 19.8 Å². The lowest BCUT2D eigenvalue weighted by atomic mass is 10.6. The molecule has 2 unspecified atom stereocenters. The maximum absolute atomic E-state index is 12.6. The van der Waals surface area contributed by atoms with Gasteiger partial charge in [-0.2, -0.15) is 0 Å². The van der Waals surface area contributed by atoms with Crippen LogP contribution in [0, 0.1) is 0 Å². The van der Waals surface area contributed by atoms with E-state index < -0.39 is 20.6 Å². The number of rotatable bonds is 10. The lowest BCUT2D eigenvalue weighted by Gasteiger charge is -2.29. The lowest BCUT2D eigenvalue weighted by molar-refractivity contribution is 0.203. The maximum atomic E-state index is 12.6. The average molecular weight is 302 g/mol. The van der Waals surface area contributed by atoms with Gasteiger partial charge in [0.15, 0.2) is 5.40 Å². The molecule has 0 saturated heterocycles. The van der Waals surface area contributed by atoms with Gasteiger partial charge >= 0.3 is 15.2 Å². The van der Waals surface area contributed by atoms with Crippen LogP contribution < -0.4 is 0 Å². The molecule has 18 heavy (non-hydrogen) atoms. The van der Waals surface area contributed by atoms with Crippen molar-refractivity contribution in [1.82, 2.24) is 0 Å². The minimum absolute atomic E-state index is 0.208. The number of hydrogen-bond donors (Lipinski definition) is 0. The normalized spacial score (nSPS) is 17.4. The van der Waals surface area contributed by atoms with Gasteiger partial charge in [-0.15, -0.1) is 0 Å². The molecule has 0 aliphatic carbocycles. The molecule has 0 spiro atoms. The summed E-state index contributed by atoms with van der Waals surface area (Å²) >= 11 is 0. The van der Waals surface area contributed by atoms with Gasteiger partial charge in [0.25, 0.3) is 0 Å². The van der Waals surface area contributed by atoms with Crippen LogP contribution in [-0.2, 0) is 27.2 Å². The largest absolute Gasteiger partial charge is 0.345 e. The molecule has 0 N–H and O–H groups in total. The summed E-state index contributed by atoms with van der Waals surface area (Å²) in [4.78, 5) is 0. The Labute approximate surface area is 109 Å². The first kappa shape index (κ1) is 18.3. The van der Waals surface area contributed by atoms with Gasteiger partial charge in [-0.05, 0) is 27.2 Å². The quantitative estimate of drug-likeness (QED) is 0.570. The predicted octanol–water partition coefficient (Wildman–Crippen LogP) is 3.86. The van der Waals surface area contributed by atoms with Crippen LogP contribution in [0.4, 0.5) is 0 Å². The van der Waals surface area contributed by atoms with Crippen LogP contribution in [0.3, 0.4) is 0 Å². The monoisotopic (exact) mass is 302 g/mol. The molecule has 0 rings (SSSR count). The Balaban J connectivity index is 5.34. The van der Waals surface area contributed by atoms with Crippen LogP contribution in [0.15, 0.2) is 0 Å². The summed E-state index contributed by atoms with van der Waals surface area (Å²) in [5, 5.41) is -0.894.